The Morgan fingerprint density at radius 1 is 0.654 bits per heavy atom. The van der Waals surface area contributed by atoms with E-state index >= 15 is 0 Å². The molecule has 3 rings (SSSR count). The van der Waals surface area contributed by atoms with E-state index in [0.29, 0.717) is 17.7 Å². The van der Waals surface area contributed by atoms with Crippen LogP contribution < -0.4 is 5.73 Å². The maximum absolute atomic E-state index is 9.17. The highest BCUT2D eigenvalue weighted by molar-refractivity contribution is 5.56. The highest BCUT2D eigenvalue weighted by Gasteiger charge is 1.98. The molecule has 0 atom stereocenters. The summed E-state index contributed by atoms with van der Waals surface area (Å²) in [6.07, 6.45) is 0. The van der Waals surface area contributed by atoms with E-state index in [-0.39, 0.29) is 0 Å². The third kappa shape index (κ3) is 4.19. The van der Waals surface area contributed by atoms with Crippen LogP contribution in [0.25, 0.3) is 0 Å². The third-order valence-corrected chi connectivity index (χ3v) is 3.81. The van der Waals surface area contributed by atoms with Crippen molar-refractivity contribution in [3.05, 3.63) is 106 Å². The molecule has 0 saturated heterocycles. The van der Waals surface area contributed by atoms with Crippen LogP contribution in [-0.2, 0) is 6.54 Å². The fraction of sp³-hybridized carbons (Fsp3) is 0.0417. The van der Waals surface area contributed by atoms with Gasteiger partial charge in [-0.05, 0) is 42.0 Å². The lowest BCUT2D eigenvalue weighted by molar-refractivity contribution is 1.07. The summed E-state index contributed by atoms with van der Waals surface area (Å²) in [6.45, 7) is 0.496. The second-order valence-corrected chi connectivity index (χ2v) is 5.61. The lowest BCUT2D eigenvalue weighted by Crippen LogP contribution is -1.95. The highest BCUT2D eigenvalue weighted by Crippen LogP contribution is 2.10. The molecule has 0 aromatic heterocycles. The fourth-order valence-corrected chi connectivity index (χ4v) is 2.44. The van der Waals surface area contributed by atoms with Crippen LogP contribution in [0.4, 0.5) is 0 Å². The van der Waals surface area contributed by atoms with Gasteiger partial charge in [-0.1, -0.05) is 60.1 Å². The molecule has 0 aliphatic carbocycles. The summed E-state index contributed by atoms with van der Waals surface area (Å²) in [7, 11) is 0. The van der Waals surface area contributed by atoms with Crippen molar-refractivity contribution in [3.63, 3.8) is 0 Å². The van der Waals surface area contributed by atoms with Gasteiger partial charge in [0, 0.05) is 28.8 Å². The minimum atomic E-state index is 0.496. The van der Waals surface area contributed by atoms with Gasteiger partial charge in [0.2, 0.25) is 0 Å². The summed E-state index contributed by atoms with van der Waals surface area (Å²) in [5.41, 5.74) is 10.6. The Morgan fingerprint density at radius 2 is 1.19 bits per heavy atom. The quantitative estimate of drug-likeness (QED) is 0.689. The van der Waals surface area contributed by atoms with E-state index in [2.05, 4.69) is 29.8 Å². The zero-order valence-electron chi connectivity index (χ0n) is 14.2. The number of nitrogens with zero attached hydrogens (tertiary/aromatic N) is 1. The van der Waals surface area contributed by atoms with Gasteiger partial charge in [0.25, 0.3) is 0 Å². The SMILES string of the molecule is N#Cc1ccccc1C#Cc1ccccc1C#Cc1cccc(CN)c1. The van der Waals surface area contributed by atoms with E-state index in [1.54, 1.807) is 6.07 Å². The van der Waals surface area contributed by atoms with Crippen LogP contribution in [0.15, 0.2) is 72.8 Å². The Kier molecular flexibility index (Phi) is 5.49. The van der Waals surface area contributed by atoms with Crippen molar-refractivity contribution in [2.24, 2.45) is 5.73 Å². The summed E-state index contributed by atoms with van der Waals surface area (Å²) >= 11 is 0. The van der Waals surface area contributed by atoms with Gasteiger partial charge in [0.15, 0.2) is 0 Å². The fourth-order valence-electron chi connectivity index (χ4n) is 2.44. The zero-order chi connectivity index (χ0) is 18.2. The van der Waals surface area contributed by atoms with Crippen LogP contribution >= 0.6 is 0 Å². The summed E-state index contributed by atoms with van der Waals surface area (Å²) in [4.78, 5) is 0. The second kappa shape index (κ2) is 8.36. The van der Waals surface area contributed by atoms with Gasteiger partial charge in [-0.3, -0.25) is 0 Å². The average molecular weight is 332 g/mol. The minimum Gasteiger partial charge on any atom is -0.326 e. The average Bonchev–Trinajstić information content (AvgIpc) is 2.71. The van der Waals surface area contributed by atoms with Crippen molar-refractivity contribution in [1.82, 2.24) is 0 Å². The summed E-state index contributed by atoms with van der Waals surface area (Å²) in [5.74, 6) is 12.6. The molecule has 0 unspecified atom stereocenters. The highest BCUT2D eigenvalue weighted by atomic mass is 14.5. The molecule has 0 radical (unpaired) electrons. The molecule has 2 N–H and O–H groups in total. The van der Waals surface area contributed by atoms with E-state index in [4.69, 9.17) is 5.73 Å². The first-order chi connectivity index (χ1) is 12.8. The Hall–Kier alpha value is -3.77. The molecular formula is C24H16N2. The molecule has 3 aromatic carbocycles. The summed E-state index contributed by atoms with van der Waals surface area (Å²) < 4.78 is 0. The number of benzene rings is 3. The lowest BCUT2D eigenvalue weighted by Gasteiger charge is -1.98. The van der Waals surface area contributed by atoms with Crippen molar-refractivity contribution < 1.29 is 0 Å². The van der Waals surface area contributed by atoms with Gasteiger partial charge in [0.05, 0.1) is 5.56 Å². The lowest BCUT2D eigenvalue weighted by atomic mass is 10.1. The number of nitriles is 1. The van der Waals surface area contributed by atoms with Gasteiger partial charge in [-0.2, -0.15) is 5.26 Å². The molecule has 0 spiro atoms. The van der Waals surface area contributed by atoms with Gasteiger partial charge < -0.3 is 5.73 Å². The number of nitrogens with two attached hydrogens (primary N) is 1. The molecular weight excluding hydrogens is 316 g/mol. The first-order valence-corrected chi connectivity index (χ1v) is 8.21. The third-order valence-electron chi connectivity index (χ3n) is 3.81. The van der Waals surface area contributed by atoms with Crippen LogP contribution in [0.1, 0.15) is 33.4 Å². The van der Waals surface area contributed by atoms with Gasteiger partial charge in [0.1, 0.15) is 6.07 Å². The Bertz CT molecular complexity index is 1100. The predicted molar refractivity (Wildman–Crippen MR) is 104 cm³/mol. The van der Waals surface area contributed by atoms with E-state index in [0.717, 1.165) is 22.3 Å². The molecule has 122 valence electrons. The topological polar surface area (TPSA) is 49.8 Å². The molecule has 0 heterocycles. The molecule has 0 aliphatic rings. The van der Waals surface area contributed by atoms with Crippen molar-refractivity contribution in [1.29, 1.82) is 5.26 Å². The first-order valence-electron chi connectivity index (χ1n) is 8.21. The maximum Gasteiger partial charge on any atom is 0.100 e. The maximum atomic E-state index is 9.17. The molecule has 2 heteroatoms. The number of rotatable bonds is 1. The van der Waals surface area contributed by atoms with E-state index in [1.165, 1.54) is 0 Å². The van der Waals surface area contributed by atoms with Crippen LogP contribution in [0.3, 0.4) is 0 Å². The number of hydrogen-bond donors (Lipinski definition) is 1. The molecule has 3 aromatic rings. The van der Waals surface area contributed by atoms with Gasteiger partial charge >= 0.3 is 0 Å². The summed E-state index contributed by atoms with van der Waals surface area (Å²) in [6, 6.07) is 25.1. The summed E-state index contributed by atoms with van der Waals surface area (Å²) in [5, 5.41) is 9.17. The molecule has 0 saturated carbocycles. The van der Waals surface area contributed by atoms with Crippen LogP contribution in [-0.4, -0.2) is 0 Å². The normalized spacial score (nSPS) is 9.23. The molecule has 26 heavy (non-hydrogen) atoms. The van der Waals surface area contributed by atoms with Crippen molar-refractivity contribution >= 4 is 0 Å². The van der Waals surface area contributed by atoms with E-state index < -0.39 is 0 Å². The Morgan fingerprint density at radius 3 is 1.77 bits per heavy atom. The molecule has 0 bridgehead atoms. The predicted octanol–water partition coefficient (Wildman–Crippen LogP) is 3.82. The second-order valence-electron chi connectivity index (χ2n) is 5.61. The van der Waals surface area contributed by atoms with Crippen LogP contribution in [0, 0.1) is 35.0 Å². The number of hydrogen-bond acceptors (Lipinski definition) is 2. The Labute approximate surface area is 153 Å². The standard InChI is InChI=1S/C24H16N2/c25-17-20-7-5-6-19(16-20)12-13-21-8-1-2-9-22(21)14-15-23-10-3-4-11-24(23)18-26/h1-11,16H,17,25H2. The largest absolute Gasteiger partial charge is 0.326 e. The molecule has 0 fully saturated rings. The van der Waals surface area contributed by atoms with E-state index in [9.17, 15) is 5.26 Å². The molecule has 0 aliphatic heterocycles. The van der Waals surface area contributed by atoms with Crippen molar-refractivity contribution in [2.75, 3.05) is 0 Å². The van der Waals surface area contributed by atoms with E-state index in [1.807, 2.05) is 66.7 Å². The van der Waals surface area contributed by atoms with Crippen molar-refractivity contribution in [2.45, 2.75) is 6.54 Å². The first kappa shape index (κ1) is 17.1. The van der Waals surface area contributed by atoms with Crippen LogP contribution in [0.2, 0.25) is 0 Å². The molecule has 0 amide bonds. The Balaban J connectivity index is 1.95. The van der Waals surface area contributed by atoms with Crippen LogP contribution in [0.5, 0.6) is 0 Å². The minimum absolute atomic E-state index is 0.496. The monoisotopic (exact) mass is 332 g/mol. The van der Waals surface area contributed by atoms with Crippen molar-refractivity contribution in [3.8, 4) is 29.8 Å². The molecule has 2 nitrogen and oxygen atoms in total. The zero-order valence-corrected chi connectivity index (χ0v) is 14.2. The van der Waals surface area contributed by atoms with Gasteiger partial charge in [-0.25, -0.2) is 0 Å². The van der Waals surface area contributed by atoms with Gasteiger partial charge in [-0.15, -0.1) is 0 Å². The smallest absolute Gasteiger partial charge is 0.100 e.